The van der Waals surface area contributed by atoms with Crippen molar-refractivity contribution in [2.45, 2.75) is 13.0 Å². The number of rotatable bonds is 7. The van der Waals surface area contributed by atoms with E-state index in [1.165, 1.54) is 19.1 Å². The second-order valence-electron chi connectivity index (χ2n) is 7.57. The molecule has 34 heavy (non-hydrogen) atoms. The van der Waals surface area contributed by atoms with Crippen molar-refractivity contribution >= 4 is 23.1 Å². The van der Waals surface area contributed by atoms with Crippen molar-refractivity contribution in [1.82, 2.24) is 0 Å². The van der Waals surface area contributed by atoms with Crippen molar-refractivity contribution in [3.8, 4) is 17.2 Å². The number of hydrogen-bond acceptors (Lipinski definition) is 6. The molecule has 1 aliphatic rings. The van der Waals surface area contributed by atoms with Gasteiger partial charge in [-0.1, -0.05) is 30.3 Å². The number of anilines is 1. The van der Waals surface area contributed by atoms with Crippen molar-refractivity contribution in [2.24, 2.45) is 0 Å². The smallest absolute Gasteiger partial charge is 0.300 e. The molecule has 0 spiro atoms. The maximum atomic E-state index is 13.3. The number of ether oxygens (including phenoxy) is 3. The summed E-state index contributed by atoms with van der Waals surface area (Å²) in [6.45, 7) is 2.38. The molecule has 0 radical (unpaired) electrons. The van der Waals surface area contributed by atoms with Crippen LogP contribution in [0.15, 0.2) is 78.4 Å². The van der Waals surface area contributed by atoms with Crippen LogP contribution in [0, 0.1) is 0 Å². The third kappa shape index (κ3) is 4.08. The lowest BCUT2D eigenvalue weighted by Gasteiger charge is -2.27. The Morgan fingerprint density at radius 3 is 2.21 bits per heavy atom. The molecule has 1 atom stereocenters. The first-order chi connectivity index (χ1) is 16.5. The number of hydrogen-bond donors (Lipinski definition) is 1. The van der Waals surface area contributed by atoms with Gasteiger partial charge in [0.15, 0.2) is 0 Å². The Morgan fingerprint density at radius 1 is 0.912 bits per heavy atom. The Labute approximate surface area is 197 Å². The fourth-order valence-corrected chi connectivity index (χ4v) is 4.06. The highest BCUT2D eigenvalue weighted by Gasteiger charge is 2.48. The van der Waals surface area contributed by atoms with E-state index in [9.17, 15) is 14.7 Å². The van der Waals surface area contributed by atoms with Gasteiger partial charge in [-0.15, -0.1) is 0 Å². The second kappa shape index (κ2) is 9.70. The first kappa shape index (κ1) is 22.9. The summed E-state index contributed by atoms with van der Waals surface area (Å²) in [5.74, 6) is -0.161. The lowest BCUT2D eigenvalue weighted by atomic mass is 9.94. The number of nitrogens with zero attached hydrogens (tertiary/aromatic N) is 1. The van der Waals surface area contributed by atoms with Crippen LogP contribution in [-0.4, -0.2) is 37.6 Å². The zero-order valence-corrected chi connectivity index (χ0v) is 19.1. The van der Waals surface area contributed by atoms with Gasteiger partial charge in [0.25, 0.3) is 11.7 Å². The SMILES string of the molecule is CCOc1ccc(N2C(=O)C(=O)C(=C(O)c3ccccc3)[C@@H]2c2ccc(OC)cc2OC)cc1. The highest BCUT2D eigenvalue weighted by molar-refractivity contribution is 6.51. The molecule has 7 nitrogen and oxygen atoms in total. The summed E-state index contributed by atoms with van der Waals surface area (Å²) in [6, 6.07) is 19.8. The summed E-state index contributed by atoms with van der Waals surface area (Å²) in [5.41, 5.74) is 1.44. The summed E-state index contributed by atoms with van der Waals surface area (Å²) in [6.07, 6.45) is 0. The van der Waals surface area contributed by atoms with Gasteiger partial charge in [0.1, 0.15) is 23.0 Å². The third-order valence-corrected chi connectivity index (χ3v) is 5.65. The van der Waals surface area contributed by atoms with Crippen LogP contribution in [0.25, 0.3) is 5.76 Å². The number of methoxy groups -OCH3 is 2. The van der Waals surface area contributed by atoms with E-state index in [4.69, 9.17) is 14.2 Å². The van der Waals surface area contributed by atoms with E-state index in [1.54, 1.807) is 72.8 Å². The molecule has 7 heteroatoms. The fraction of sp³-hybridized carbons (Fsp3) is 0.185. The molecule has 3 aromatic carbocycles. The average molecular weight is 459 g/mol. The number of carbonyl (C=O) groups is 2. The van der Waals surface area contributed by atoms with Crippen LogP contribution >= 0.6 is 0 Å². The maximum absolute atomic E-state index is 13.3. The molecule has 1 N–H and O–H groups in total. The first-order valence-corrected chi connectivity index (χ1v) is 10.8. The zero-order chi connectivity index (χ0) is 24.2. The van der Waals surface area contributed by atoms with Gasteiger partial charge in [0.2, 0.25) is 0 Å². The van der Waals surface area contributed by atoms with Gasteiger partial charge in [-0.2, -0.15) is 0 Å². The molecule has 1 amide bonds. The third-order valence-electron chi connectivity index (χ3n) is 5.65. The second-order valence-corrected chi connectivity index (χ2v) is 7.57. The van der Waals surface area contributed by atoms with Gasteiger partial charge in [-0.25, -0.2) is 0 Å². The summed E-state index contributed by atoms with van der Waals surface area (Å²) >= 11 is 0. The Bertz CT molecular complexity index is 1230. The van der Waals surface area contributed by atoms with Crippen LogP contribution < -0.4 is 19.1 Å². The minimum Gasteiger partial charge on any atom is -0.507 e. The predicted molar refractivity (Wildman–Crippen MR) is 128 cm³/mol. The number of ketones is 1. The zero-order valence-electron chi connectivity index (χ0n) is 19.1. The van der Waals surface area contributed by atoms with E-state index in [0.717, 1.165) is 0 Å². The normalized spacial score (nSPS) is 17.0. The molecule has 174 valence electrons. The van der Waals surface area contributed by atoms with Crippen LogP contribution in [0.2, 0.25) is 0 Å². The highest BCUT2D eigenvalue weighted by atomic mass is 16.5. The van der Waals surface area contributed by atoms with Crippen LogP contribution in [0.5, 0.6) is 17.2 Å². The van der Waals surface area contributed by atoms with E-state index in [-0.39, 0.29) is 11.3 Å². The number of amides is 1. The topological polar surface area (TPSA) is 85.3 Å². The lowest BCUT2D eigenvalue weighted by Crippen LogP contribution is -2.29. The number of aliphatic hydroxyl groups excluding tert-OH is 1. The van der Waals surface area contributed by atoms with Crippen molar-refractivity contribution in [3.63, 3.8) is 0 Å². The van der Waals surface area contributed by atoms with Crippen LogP contribution in [0.1, 0.15) is 24.1 Å². The Hall–Kier alpha value is -4.26. The Kier molecular flexibility index (Phi) is 6.54. The summed E-state index contributed by atoms with van der Waals surface area (Å²) < 4.78 is 16.4. The minimum absolute atomic E-state index is 0.0199. The molecule has 4 rings (SSSR count). The summed E-state index contributed by atoms with van der Waals surface area (Å²) in [7, 11) is 3.04. The molecule has 0 unspecified atom stereocenters. The number of Topliss-reactive ketones (excluding diaryl/α,β-unsaturated/α-hetero) is 1. The minimum atomic E-state index is -0.918. The van der Waals surface area contributed by atoms with Crippen molar-refractivity contribution in [3.05, 3.63) is 89.5 Å². The van der Waals surface area contributed by atoms with Crippen LogP contribution in [0.4, 0.5) is 5.69 Å². The molecule has 0 aliphatic carbocycles. The van der Waals surface area contributed by atoms with Crippen LogP contribution in [-0.2, 0) is 9.59 Å². The molecule has 0 saturated carbocycles. The predicted octanol–water partition coefficient (Wildman–Crippen LogP) is 4.73. The first-order valence-electron chi connectivity index (χ1n) is 10.8. The maximum Gasteiger partial charge on any atom is 0.300 e. The van der Waals surface area contributed by atoms with Crippen LogP contribution in [0.3, 0.4) is 0 Å². The molecular formula is C27H25NO6. The molecule has 1 fully saturated rings. The van der Waals surface area contributed by atoms with Gasteiger partial charge in [-0.3, -0.25) is 14.5 Å². The summed E-state index contributed by atoms with van der Waals surface area (Å²) in [4.78, 5) is 28.0. The van der Waals surface area contributed by atoms with Crippen molar-refractivity contribution < 1.29 is 28.9 Å². The number of carbonyl (C=O) groups excluding carboxylic acids is 2. The van der Waals surface area contributed by atoms with E-state index < -0.39 is 17.7 Å². The molecule has 0 aromatic heterocycles. The van der Waals surface area contributed by atoms with Gasteiger partial charge in [0, 0.05) is 22.9 Å². The molecule has 1 aliphatic heterocycles. The lowest BCUT2D eigenvalue weighted by molar-refractivity contribution is -0.132. The van der Waals surface area contributed by atoms with Gasteiger partial charge in [-0.05, 0) is 43.3 Å². The Balaban J connectivity index is 1.94. The van der Waals surface area contributed by atoms with Crippen molar-refractivity contribution in [1.29, 1.82) is 0 Å². The molecule has 1 heterocycles. The summed E-state index contributed by atoms with van der Waals surface area (Å²) in [5, 5.41) is 11.2. The average Bonchev–Trinajstić information content (AvgIpc) is 3.14. The highest BCUT2D eigenvalue weighted by Crippen LogP contribution is 2.45. The van der Waals surface area contributed by atoms with Gasteiger partial charge < -0.3 is 19.3 Å². The van der Waals surface area contributed by atoms with E-state index in [0.29, 0.717) is 40.7 Å². The number of benzene rings is 3. The molecule has 3 aromatic rings. The fourth-order valence-electron chi connectivity index (χ4n) is 4.06. The largest absolute Gasteiger partial charge is 0.507 e. The monoisotopic (exact) mass is 459 g/mol. The molecule has 1 saturated heterocycles. The van der Waals surface area contributed by atoms with E-state index in [1.807, 2.05) is 6.92 Å². The number of aliphatic hydroxyl groups is 1. The molecule has 0 bridgehead atoms. The standard InChI is InChI=1S/C27H25NO6/c1-4-34-19-12-10-18(11-13-19)28-24(21-15-14-20(32-2)16-22(21)33-3)23(26(30)27(28)31)25(29)17-8-6-5-7-9-17/h5-16,24,29H,4H2,1-3H3/t24-/m0/s1. The van der Waals surface area contributed by atoms with Gasteiger partial charge >= 0.3 is 0 Å². The quantitative estimate of drug-likeness (QED) is 0.312. The van der Waals surface area contributed by atoms with Crippen molar-refractivity contribution in [2.75, 3.05) is 25.7 Å². The van der Waals surface area contributed by atoms with Gasteiger partial charge in [0.05, 0.1) is 32.4 Å². The van der Waals surface area contributed by atoms with E-state index >= 15 is 0 Å². The molecular weight excluding hydrogens is 434 g/mol. The Morgan fingerprint density at radius 2 is 1.59 bits per heavy atom. The van der Waals surface area contributed by atoms with E-state index in [2.05, 4.69) is 0 Å².